The Morgan fingerprint density at radius 3 is 2.86 bits per heavy atom. The van der Waals surface area contributed by atoms with Gasteiger partial charge in [0.2, 0.25) is 20.9 Å². The van der Waals surface area contributed by atoms with Crippen molar-refractivity contribution in [2.24, 2.45) is 10.9 Å². The average Bonchev–Trinajstić information content (AvgIpc) is 3.09. The summed E-state index contributed by atoms with van der Waals surface area (Å²) in [6.07, 6.45) is 0. The molecule has 0 aromatic carbocycles. The molecule has 3 rings (SSSR count). The van der Waals surface area contributed by atoms with Crippen LogP contribution in [0.25, 0.3) is 0 Å². The van der Waals surface area contributed by atoms with E-state index < -0.39 is 33.0 Å². The molecule has 1 aromatic heterocycles. The molecule has 0 radical (unpaired) electrons. The molecule has 3 heterocycles. The molecule has 1 aromatic rings. The van der Waals surface area contributed by atoms with E-state index in [1.165, 1.54) is 23.6 Å². The van der Waals surface area contributed by atoms with Gasteiger partial charge < -0.3 is 9.84 Å². The minimum atomic E-state index is -3.68. The number of nitrogens with zero attached hydrogens (tertiary/aromatic N) is 5. The van der Waals surface area contributed by atoms with Crippen LogP contribution >= 0.6 is 23.5 Å². The van der Waals surface area contributed by atoms with E-state index in [4.69, 9.17) is 15.6 Å². The van der Waals surface area contributed by atoms with Crippen LogP contribution in [0.2, 0.25) is 0 Å². The van der Waals surface area contributed by atoms with Gasteiger partial charge in [-0.2, -0.15) is 0 Å². The van der Waals surface area contributed by atoms with E-state index in [1.54, 1.807) is 0 Å². The molecule has 1 fully saturated rings. The first-order chi connectivity index (χ1) is 13.1. The summed E-state index contributed by atoms with van der Waals surface area (Å²) in [6, 6.07) is 0. The lowest BCUT2D eigenvalue weighted by atomic mass is 10.00. The fraction of sp³-hybridized carbons (Fsp3) is 0.583. The molecule has 0 bridgehead atoms. The van der Waals surface area contributed by atoms with E-state index in [2.05, 4.69) is 15.5 Å². The average molecular weight is 452 g/mol. The number of ether oxygens (including phenoxy) is 1. The number of carbonyl (C=O) groups excluding carboxylic acids is 1. The highest BCUT2D eigenvalue weighted by Crippen LogP contribution is 2.45. The fourth-order valence-electron chi connectivity index (χ4n) is 2.72. The molecular formula is C12H17N7O6S3. The number of aliphatic carboxylic acids is 1. The number of primary sulfonamides is 1. The predicted molar refractivity (Wildman–Crippen MR) is 98.2 cm³/mol. The Bertz CT molecular complexity index is 947. The Morgan fingerprint density at radius 1 is 1.54 bits per heavy atom. The van der Waals surface area contributed by atoms with Gasteiger partial charge in [-0.15, -0.1) is 16.9 Å². The third kappa shape index (κ3) is 3.74. The number of tetrazole rings is 1. The first kappa shape index (κ1) is 21.0. The number of hydrogen-bond donors (Lipinski definition) is 3. The van der Waals surface area contributed by atoms with Crippen LogP contribution in [0.15, 0.2) is 16.4 Å². The van der Waals surface area contributed by atoms with E-state index in [1.807, 2.05) is 0 Å². The molecule has 2 atom stereocenters. The monoisotopic (exact) mass is 451 g/mol. The zero-order chi connectivity index (χ0) is 20.7. The second-order valence-corrected chi connectivity index (χ2v) is 9.68. The molecule has 28 heavy (non-hydrogen) atoms. The summed E-state index contributed by atoms with van der Waals surface area (Å²) >= 11 is 2.42. The van der Waals surface area contributed by atoms with Gasteiger partial charge in [-0.1, -0.05) is 11.8 Å². The number of amides is 1. The number of β-lactam (4-membered cyclic amide) rings is 1. The van der Waals surface area contributed by atoms with E-state index >= 15 is 0 Å². The van der Waals surface area contributed by atoms with Gasteiger partial charge in [0.1, 0.15) is 11.1 Å². The molecular weight excluding hydrogens is 434 g/mol. The molecule has 0 saturated carbocycles. The number of rotatable bonds is 8. The molecule has 154 valence electrons. The number of methoxy groups -OCH3 is 1. The number of nitrogens with two attached hydrogens (primary N) is 2. The summed E-state index contributed by atoms with van der Waals surface area (Å²) in [5.74, 6) is -1.70. The number of aryl methyl sites for hydroxylation is 1. The van der Waals surface area contributed by atoms with Crippen molar-refractivity contribution >= 4 is 45.4 Å². The topological polar surface area (TPSA) is 197 Å². The lowest BCUT2D eigenvalue weighted by molar-refractivity contribution is -0.182. The van der Waals surface area contributed by atoms with E-state index in [9.17, 15) is 23.1 Å². The minimum absolute atomic E-state index is 0.0377. The van der Waals surface area contributed by atoms with Gasteiger partial charge >= 0.3 is 5.97 Å². The summed E-state index contributed by atoms with van der Waals surface area (Å²) in [4.78, 5) is 25.2. The van der Waals surface area contributed by atoms with Crippen molar-refractivity contribution < 1.29 is 27.9 Å². The van der Waals surface area contributed by atoms with Crippen LogP contribution < -0.4 is 10.9 Å². The van der Waals surface area contributed by atoms with Crippen LogP contribution in [0, 0.1) is 0 Å². The van der Waals surface area contributed by atoms with E-state index in [0.29, 0.717) is 16.5 Å². The van der Waals surface area contributed by atoms with Crippen molar-refractivity contribution in [3.05, 3.63) is 11.3 Å². The predicted octanol–water partition coefficient (Wildman–Crippen LogP) is -2.39. The molecule has 13 nitrogen and oxygen atoms in total. The van der Waals surface area contributed by atoms with Gasteiger partial charge in [0, 0.05) is 18.6 Å². The number of carboxylic acid groups (broad SMARTS) is 1. The molecule has 0 unspecified atom stereocenters. The standard InChI is InChI=1S/C12H17N7O6S3/c1-25-12(13)9(22)19-7(8(20)21)6(4-26-10(12)19)5-27-11-15-16-17-18(11)2-3-28(14,23)24/h10H,2-5,13H2,1H3,(H,20,21)(H2,14,23,24)/t10-,12+/m1/s1. The number of sulfonamides is 1. The maximum atomic E-state index is 12.3. The summed E-state index contributed by atoms with van der Waals surface area (Å²) in [5.41, 5.74) is 4.72. The van der Waals surface area contributed by atoms with E-state index in [-0.39, 0.29) is 23.7 Å². The maximum Gasteiger partial charge on any atom is 0.352 e. The molecule has 16 heteroatoms. The number of fused-ring (bicyclic) bond motifs is 1. The van der Waals surface area contributed by atoms with Crippen LogP contribution in [0.5, 0.6) is 0 Å². The highest BCUT2D eigenvalue weighted by molar-refractivity contribution is 8.01. The number of thioether (sulfide) groups is 2. The van der Waals surface area contributed by atoms with Crippen LogP contribution in [-0.2, 0) is 30.9 Å². The van der Waals surface area contributed by atoms with Gasteiger partial charge in [-0.25, -0.2) is 23.0 Å². The van der Waals surface area contributed by atoms with Gasteiger partial charge in [0.05, 0.1) is 12.3 Å². The van der Waals surface area contributed by atoms with Crippen molar-refractivity contribution in [3.8, 4) is 0 Å². The van der Waals surface area contributed by atoms with E-state index in [0.717, 1.165) is 16.7 Å². The quantitative estimate of drug-likeness (QED) is 0.216. The first-order valence-electron chi connectivity index (χ1n) is 7.72. The number of carbonyl (C=O) groups is 2. The zero-order valence-electron chi connectivity index (χ0n) is 14.5. The maximum absolute atomic E-state index is 12.3. The number of aromatic nitrogens is 4. The number of hydrogen-bond acceptors (Lipinski definition) is 11. The summed E-state index contributed by atoms with van der Waals surface area (Å²) < 4.78 is 28.5. The van der Waals surface area contributed by atoms with Gasteiger partial charge in [0.25, 0.3) is 5.91 Å². The van der Waals surface area contributed by atoms with Crippen molar-refractivity contribution in [2.45, 2.75) is 22.8 Å². The Morgan fingerprint density at radius 2 is 2.25 bits per heavy atom. The van der Waals surface area contributed by atoms with Crippen molar-refractivity contribution in [2.75, 3.05) is 24.4 Å². The molecule has 5 N–H and O–H groups in total. The molecule has 2 aliphatic rings. The van der Waals surface area contributed by atoms with Crippen molar-refractivity contribution in [3.63, 3.8) is 0 Å². The second-order valence-electron chi connectivity index (χ2n) is 5.93. The molecule has 2 aliphatic heterocycles. The normalized spacial score (nSPS) is 24.9. The summed E-state index contributed by atoms with van der Waals surface area (Å²) in [5, 5.41) is 25.2. The van der Waals surface area contributed by atoms with Crippen LogP contribution in [0.1, 0.15) is 0 Å². The Kier molecular flexibility index (Phi) is 5.70. The molecule has 0 aliphatic carbocycles. The third-order valence-corrected chi connectivity index (χ3v) is 7.34. The molecule has 0 spiro atoms. The van der Waals surface area contributed by atoms with Crippen LogP contribution in [-0.4, -0.2) is 86.0 Å². The third-order valence-electron chi connectivity index (χ3n) is 4.15. The van der Waals surface area contributed by atoms with Crippen molar-refractivity contribution in [1.29, 1.82) is 0 Å². The molecule has 1 saturated heterocycles. The SMILES string of the molecule is CO[C@@]1(N)C(=O)N2C(C(=O)O)=C(CSc3nnnn3CCS(N)(=O)=O)CS[C@@H]21. The summed E-state index contributed by atoms with van der Waals surface area (Å²) in [6.45, 7) is -0.0377. The van der Waals surface area contributed by atoms with Gasteiger partial charge in [-0.05, 0) is 16.0 Å². The zero-order valence-corrected chi connectivity index (χ0v) is 17.0. The Hall–Kier alpha value is -1.72. The minimum Gasteiger partial charge on any atom is -0.477 e. The molecule has 1 amide bonds. The Labute approximate surface area is 167 Å². The second kappa shape index (κ2) is 7.60. The lowest BCUT2D eigenvalue weighted by Gasteiger charge is -2.54. The van der Waals surface area contributed by atoms with Crippen LogP contribution in [0.4, 0.5) is 0 Å². The fourth-order valence-corrected chi connectivity index (χ4v) is 5.58. The highest BCUT2D eigenvalue weighted by Gasteiger charge is 2.63. The highest BCUT2D eigenvalue weighted by atomic mass is 32.2. The largest absolute Gasteiger partial charge is 0.477 e. The smallest absolute Gasteiger partial charge is 0.352 e. The van der Waals surface area contributed by atoms with Gasteiger partial charge in [0.15, 0.2) is 0 Å². The van der Waals surface area contributed by atoms with Crippen LogP contribution in [0.3, 0.4) is 0 Å². The first-order valence-corrected chi connectivity index (χ1v) is 11.5. The lowest BCUT2D eigenvalue weighted by Crippen LogP contribution is -2.78. The Balaban J connectivity index is 1.77. The van der Waals surface area contributed by atoms with Gasteiger partial charge in [-0.3, -0.25) is 15.4 Å². The van der Waals surface area contributed by atoms with Crippen molar-refractivity contribution in [1.82, 2.24) is 25.1 Å². The summed E-state index contributed by atoms with van der Waals surface area (Å²) in [7, 11) is -2.38. The number of carboxylic acids is 1.